The second kappa shape index (κ2) is 8.97. The van der Waals surface area contributed by atoms with Gasteiger partial charge in [-0.05, 0) is 43.2 Å². The van der Waals surface area contributed by atoms with Gasteiger partial charge in [0, 0.05) is 38.4 Å². The van der Waals surface area contributed by atoms with Crippen molar-refractivity contribution in [3.8, 4) is 0 Å². The molecule has 2 fully saturated rings. The van der Waals surface area contributed by atoms with Crippen molar-refractivity contribution < 1.29 is 9.59 Å². The minimum Gasteiger partial charge on any atom is -0.355 e. The molecule has 1 aromatic heterocycles. The van der Waals surface area contributed by atoms with E-state index in [9.17, 15) is 9.59 Å². The topological polar surface area (TPSA) is 62.3 Å². The highest BCUT2D eigenvalue weighted by Gasteiger charge is 2.31. The van der Waals surface area contributed by atoms with E-state index >= 15 is 0 Å². The Labute approximate surface area is 150 Å². The number of hydrogen-bond acceptors (Lipinski definition) is 3. The number of rotatable bonds is 6. The molecule has 1 aromatic rings. The average molecular weight is 343 g/mol. The van der Waals surface area contributed by atoms with Gasteiger partial charge in [-0.3, -0.25) is 14.6 Å². The van der Waals surface area contributed by atoms with Gasteiger partial charge in [0.25, 0.3) is 0 Å². The number of aromatic nitrogens is 1. The summed E-state index contributed by atoms with van der Waals surface area (Å²) in [5.74, 6) is 0.885. The molecule has 1 atom stereocenters. The SMILES string of the molecule is O=C(NCCc1cccnc1)C1CCC(=O)N(CC2CCCCC2)C1. The van der Waals surface area contributed by atoms with Gasteiger partial charge in [0.05, 0.1) is 5.92 Å². The molecular formula is C20H29N3O2. The maximum atomic E-state index is 12.5. The molecule has 0 spiro atoms. The van der Waals surface area contributed by atoms with Gasteiger partial charge in [-0.15, -0.1) is 0 Å². The van der Waals surface area contributed by atoms with Crippen molar-refractivity contribution in [3.05, 3.63) is 30.1 Å². The Kier molecular flexibility index (Phi) is 6.42. The van der Waals surface area contributed by atoms with E-state index < -0.39 is 0 Å². The Morgan fingerprint density at radius 3 is 2.84 bits per heavy atom. The predicted molar refractivity (Wildman–Crippen MR) is 96.8 cm³/mol. The first-order chi connectivity index (χ1) is 12.2. The van der Waals surface area contributed by atoms with E-state index in [0.29, 0.717) is 31.8 Å². The Hall–Kier alpha value is -1.91. The van der Waals surface area contributed by atoms with Crippen molar-refractivity contribution in [1.29, 1.82) is 0 Å². The van der Waals surface area contributed by atoms with Crippen molar-refractivity contribution in [3.63, 3.8) is 0 Å². The lowest BCUT2D eigenvalue weighted by atomic mass is 9.87. The number of likely N-dealkylation sites (tertiary alicyclic amines) is 1. The van der Waals surface area contributed by atoms with Gasteiger partial charge in [-0.2, -0.15) is 0 Å². The molecule has 2 amide bonds. The monoisotopic (exact) mass is 343 g/mol. The minimum absolute atomic E-state index is 0.0600. The van der Waals surface area contributed by atoms with Crippen LogP contribution in [0.2, 0.25) is 0 Å². The fraction of sp³-hybridized carbons (Fsp3) is 0.650. The summed E-state index contributed by atoms with van der Waals surface area (Å²) in [5, 5.41) is 3.04. The highest BCUT2D eigenvalue weighted by Crippen LogP contribution is 2.27. The molecule has 136 valence electrons. The summed E-state index contributed by atoms with van der Waals surface area (Å²) in [7, 11) is 0. The zero-order chi connectivity index (χ0) is 17.5. The van der Waals surface area contributed by atoms with Crippen LogP contribution in [0.1, 0.15) is 50.5 Å². The summed E-state index contributed by atoms with van der Waals surface area (Å²) in [5.41, 5.74) is 1.13. The van der Waals surface area contributed by atoms with Gasteiger partial charge >= 0.3 is 0 Å². The van der Waals surface area contributed by atoms with Crippen LogP contribution in [0.3, 0.4) is 0 Å². The molecule has 3 rings (SSSR count). The molecule has 5 nitrogen and oxygen atoms in total. The molecule has 2 aliphatic rings. The first kappa shape index (κ1) is 17.9. The molecule has 25 heavy (non-hydrogen) atoms. The average Bonchev–Trinajstić information content (AvgIpc) is 2.65. The smallest absolute Gasteiger partial charge is 0.224 e. The van der Waals surface area contributed by atoms with Crippen LogP contribution in [0.4, 0.5) is 0 Å². The number of hydrogen-bond donors (Lipinski definition) is 1. The van der Waals surface area contributed by atoms with Crippen LogP contribution in [0.5, 0.6) is 0 Å². The van der Waals surface area contributed by atoms with E-state index in [1.807, 2.05) is 23.2 Å². The van der Waals surface area contributed by atoms with E-state index in [2.05, 4.69) is 10.3 Å². The van der Waals surface area contributed by atoms with Gasteiger partial charge in [0.15, 0.2) is 0 Å². The summed E-state index contributed by atoms with van der Waals surface area (Å²) >= 11 is 0. The van der Waals surface area contributed by atoms with Crippen LogP contribution in [-0.2, 0) is 16.0 Å². The van der Waals surface area contributed by atoms with E-state index in [4.69, 9.17) is 0 Å². The second-order valence-electron chi connectivity index (χ2n) is 7.44. The fourth-order valence-electron chi connectivity index (χ4n) is 4.01. The Bertz CT molecular complexity index is 570. The number of nitrogens with zero attached hydrogens (tertiary/aromatic N) is 2. The first-order valence-corrected chi connectivity index (χ1v) is 9.67. The number of nitrogens with one attached hydrogen (secondary N) is 1. The van der Waals surface area contributed by atoms with Crippen molar-refractivity contribution in [2.24, 2.45) is 11.8 Å². The minimum atomic E-state index is -0.0600. The fourth-order valence-corrected chi connectivity index (χ4v) is 4.01. The molecule has 1 saturated heterocycles. The third-order valence-corrected chi connectivity index (χ3v) is 5.51. The largest absolute Gasteiger partial charge is 0.355 e. The van der Waals surface area contributed by atoms with Crippen LogP contribution in [0.25, 0.3) is 0 Å². The summed E-state index contributed by atoms with van der Waals surface area (Å²) in [4.78, 5) is 30.7. The number of amides is 2. The normalized spacial score (nSPS) is 22.0. The van der Waals surface area contributed by atoms with Crippen molar-refractivity contribution in [2.45, 2.75) is 51.4 Å². The second-order valence-corrected chi connectivity index (χ2v) is 7.44. The molecule has 0 bridgehead atoms. The molecule has 1 N–H and O–H groups in total. The molecule has 1 saturated carbocycles. The molecule has 1 aliphatic heterocycles. The van der Waals surface area contributed by atoms with Crippen molar-refractivity contribution >= 4 is 11.8 Å². The Morgan fingerprint density at radius 2 is 2.08 bits per heavy atom. The molecule has 2 heterocycles. The Morgan fingerprint density at radius 1 is 1.24 bits per heavy atom. The lowest BCUT2D eigenvalue weighted by molar-refractivity contribution is -0.139. The van der Waals surface area contributed by atoms with E-state index in [0.717, 1.165) is 18.5 Å². The van der Waals surface area contributed by atoms with E-state index in [1.165, 1.54) is 32.1 Å². The lowest BCUT2D eigenvalue weighted by Crippen LogP contribution is -2.47. The van der Waals surface area contributed by atoms with E-state index in [-0.39, 0.29) is 17.7 Å². The zero-order valence-electron chi connectivity index (χ0n) is 15.0. The third-order valence-electron chi connectivity index (χ3n) is 5.51. The third kappa shape index (κ3) is 5.28. The first-order valence-electron chi connectivity index (χ1n) is 9.67. The highest BCUT2D eigenvalue weighted by atomic mass is 16.2. The number of carbonyl (C=O) groups is 2. The Balaban J connectivity index is 1.44. The van der Waals surface area contributed by atoms with Gasteiger partial charge in [0.1, 0.15) is 0 Å². The van der Waals surface area contributed by atoms with Crippen molar-refractivity contribution in [1.82, 2.24) is 15.2 Å². The summed E-state index contributed by atoms with van der Waals surface area (Å²) in [6.45, 7) is 2.06. The lowest BCUT2D eigenvalue weighted by Gasteiger charge is -2.35. The molecule has 0 aromatic carbocycles. The maximum absolute atomic E-state index is 12.5. The molecule has 0 radical (unpaired) electrons. The maximum Gasteiger partial charge on any atom is 0.224 e. The van der Waals surface area contributed by atoms with Crippen LogP contribution >= 0.6 is 0 Å². The van der Waals surface area contributed by atoms with Crippen LogP contribution in [-0.4, -0.2) is 41.3 Å². The van der Waals surface area contributed by atoms with E-state index in [1.54, 1.807) is 6.20 Å². The highest BCUT2D eigenvalue weighted by molar-refractivity contribution is 5.83. The number of pyridine rings is 1. The summed E-state index contributed by atoms with van der Waals surface area (Å²) in [6, 6.07) is 3.93. The zero-order valence-corrected chi connectivity index (χ0v) is 15.0. The van der Waals surface area contributed by atoms with Crippen LogP contribution in [0, 0.1) is 11.8 Å². The van der Waals surface area contributed by atoms with Crippen LogP contribution in [0.15, 0.2) is 24.5 Å². The molecule has 1 aliphatic carbocycles. The summed E-state index contributed by atoms with van der Waals surface area (Å²) in [6.07, 6.45) is 11.9. The van der Waals surface area contributed by atoms with Gasteiger partial charge in [0.2, 0.25) is 11.8 Å². The van der Waals surface area contributed by atoms with Crippen LogP contribution < -0.4 is 5.32 Å². The standard InChI is InChI=1S/C20H29N3O2/c24-19-9-8-18(15-23(19)14-17-5-2-1-3-6-17)20(25)22-12-10-16-7-4-11-21-13-16/h4,7,11,13,17-18H,1-3,5-6,8-10,12,14-15H2,(H,22,25). The van der Waals surface area contributed by atoms with Gasteiger partial charge in [-0.1, -0.05) is 25.3 Å². The van der Waals surface area contributed by atoms with Gasteiger partial charge < -0.3 is 10.2 Å². The van der Waals surface area contributed by atoms with Crippen molar-refractivity contribution in [2.75, 3.05) is 19.6 Å². The number of piperidine rings is 1. The number of carbonyl (C=O) groups excluding carboxylic acids is 2. The molecular weight excluding hydrogens is 314 g/mol. The van der Waals surface area contributed by atoms with Gasteiger partial charge in [-0.25, -0.2) is 0 Å². The summed E-state index contributed by atoms with van der Waals surface area (Å²) < 4.78 is 0. The molecule has 5 heteroatoms. The molecule has 1 unspecified atom stereocenters. The predicted octanol–water partition coefficient (Wildman–Crippen LogP) is 2.56. The quantitative estimate of drug-likeness (QED) is 0.863.